The van der Waals surface area contributed by atoms with Crippen LogP contribution in [-0.4, -0.2) is 49.4 Å². The topological polar surface area (TPSA) is 73.0 Å². The third-order valence-corrected chi connectivity index (χ3v) is 6.75. The number of thioether (sulfide) groups is 1. The van der Waals surface area contributed by atoms with Crippen molar-refractivity contribution < 1.29 is 0 Å². The molecule has 7 nitrogen and oxygen atoms in total. The van der Waals surface area contributed by atoms with E-state index in [0.717, 1.165) is 25.1 Å². The number of nitrogens with zero attached hydrogens (tertiary/aromatic N) is 5. The van der Waals surface area contributed by atoms with Gasteiger partial charge in [0.25, 0.3) is 5.56 Å². The van der Waals surface area contributed by atoms with Crippen LogP contribution in [0.2, 0.25) is 0 Å². The number of hydrogen-bond acceptors (Lipinski definition) is 6. The van der Waals surface area contributed by atoms with E-state index in [-0.39, 0.29) is 17.2 Å². The summed E-state index contributed by atoms with van der Waals surface area (Å²) in [7, 11) is 3.74. The minimum Gasteiger partial charge on any atom is -0.303 e. The zero-order valence-corrected chi connectivity index (χ0v) is 19.1. The molecule has 0 saturated carbocycles. The van der Waals surface area contributed by atoms with Crippen molar-refractivity contribution in [3.63, 3.8) is 0 Å². The Morgan fingerprint density at radius 2 is 1.93 bits per heavy atom. The summed E-state index contributed by atoms with van der Waals surface area (Å²) >= 11 is 1.63. The first kappa shape index (κ1) is 22.0. The first-order valence-electron chi connectivity index (χ1n) is 10.7. The average Bonchev–Trinajstić information content (AvgIpc) is 2.70. The summed E-state index contributed by atoms with van der Waals surface area (Å²) in [6.07, 6.45) is 5.66. The lowest BCUT2D eigenvalue weighted by atomic mass is 10.0. The zero-order valence-electron chi connectivity index (χ0n) is 18.3. The van der Waals surface area contributed by atoms with Gasteiger partial charge in [0, 0.05) is 31.3 Å². The van der Waals surface area contributed by atoms with Crippen molar-refractivity contribution in [3.05, 3.63) is 26.7 Å². The molecule has 0 radical (unpaired) electrons. The average molecular weight is 420 g/mol. The van der Waals surface area contributed by atoms with Gasteiger partial charge in [-0.25, -0.2) is 14.8 Å². The molecule has 1 atom stereocenters. The SMILES string of the molecule is CCCn1c(=O)n(C)c(=O)c2c(SCCC3CCCCN3C)nc(C(C)C)nc21. The van der Waals surface area contributed by atoms with E-state index in [1.807, 2.05) is 20.8 Å². The van der Waals surface area contributed by atoms with Gasteiger partial charge in [-0.1, -0.05) is 27.2 Å². The van der Waals surface area contributed by atoms with Crippen LogP contribution in [0.25, 0.3) is 11.0 Å². The Balaban J connectivity index is 2.02. The van der Waals surface area contributed by atoms with Crippen LogP contribution in [0.5, 0.6) is 0 Å². The number of hydrogen-bond donors (Lipinski definition) is 0. The van der Waals surface area contributed by atoms with Crippen molar-refractivity contribution in [2.75, 3.05) is 19.3 Å². The molecule has 160 valence electrons. The number of aryl methyl sites for hydroxylation is 1. The lowest BCUT2D eigenvalue weighted by Crippen LogP contribution is -2.39. The maximum atomic E-state index is 13.0. The molecule has 1 aliphatic rings. The molecule has 29 heavy (non-hydrogen) atoms. The van der Waals surface area contributed by atoms with Gasteiger partial charge in [-0.05, 0) is 39.3 Å². The molecule has 1 unspecified atom stereocenters. The second-order valence-corrected chi connectivity index (χ2v) is 9.39. The number of aromatic nitrogens is 4. The summed E-state index contributed by atoms with van der Waals surface area (Å²) in [5, 5.41) is 1.19. The van der Waals surface area contributed by atoms with Crippen LogP contribution < -0.4 is 11.2 Å². The van der Waals surface area contributed by atoms with Gasteiger partial charge < -0.3 is 4.90 Å². The van der Waals surface area contributed by atoms with Crippen LogP contribution in [0.1, 0.15) is 64.6 Å². The van der Waals surface area contributed by atoms with E-state index in [2.05, 4.69) is 16.9 Å². The molecule has 0 bridgehead atoms. The summed E-state index contributed by atoms with van der Waals surface area (Å²) in [5.74, 6) is 1.71. The molecule has 1 saturated heterocycles. The molecule has 2 aromatic heterocycles. The van der Waals surface area contributed by atoms with Crippen LogP contribution in [0.15, 0.2) is 14.6 Å². The number of piperidine rings is 1. The van der Waals surface area contributed by atoms with E-state index in [4.69, 9.17) is 4.98 Å². The van der Waals surface area contributed by atoms with Crippen molar-refractivity contribution in [1.82, 2.24) is 24.0 Å². The molecule has 0 amide bonds. The van der Waals surface area contributed by atoms with Crippen LogP contribution in [-0.2, 0) is 13.6 Å². The molecule has 0 spiro atoms. The van der Waals surface area contributed by atoms with Gasteiger partial charge in [-0.15, -0.1) is 11.8 Å². The predicted molar refractivity (Wildman–Crippen MR) is 119 cm³/mol. The van der Waals surface area contributed by atoms with E-state index in [1.165, 1.54) is 30.9 Å². The van der Waals surface area contributed by atoms with Crippen molar-refractivity contribution in [2.45, 2.75) is 76.4 Å². The highest BCUT2D eigenvalue weighted by molar-refractivity contribution is 7.99. The van der Waals surface area contributed by atoms with Gasteiger partial charge in [-0.2, -0.15) is 0 Å². The van der Waals surface area contributed by atoms with Crippen LogP contribution in [0.3, 0.4) is 0 Å². The fourth-order valence-corrected chi connectivity index (χ4v) is 5.01. The molecule has 1 fully saturated rings. The van der Waals surface area contributed by atoms with Crippen molar-refractivity contribution in [3.8, 4) is 0 Å². The molecule has 8 heteroatoms. The van der Waals surface area contributed by atoms with Gasteiger partial charge in [0.15, 0.2) is 5.65 Å². The Bertz CT molecular complexity index is 982. The summed E-state index contributed by atoms with van der Waals surface area (Å²) in [5.41, 5.74) is -0.126. The summed E-state index contributed by atoms with van der Waals surface area (Å²) in [6, 6.07) is 0.593. The standard InChI is InChI=1S/C21H33N5O2S/c1-6-11-26-18-16(20(27)25(5)21(26)28)19(23-17(22-18)14(2)3)29-13-10-15-9-7-8-12-24(15)4/h14-15H,6-13H2,1-5H3. The first-order valence-corrected chi connectivity index (χ1v) is 11.7. The minimum absolute atomic E-state index is 0.123. The highest BCUT2D eigenvalue weighted by Gasteiger charge is 2.22. The maximum absolute atomic E-state index is 13.0. The van der Waals surface area contributed by atoms with E-state index in [9.17, 15) is 9.59 Å². The van der Waals surface area contributed by atoms with E-state index < -0.39 is 0 Å². The molecule has 2 aromatic rings. The number of fused-ring (bicyclic) bond motifs is 1. The Hall–Kier alpha value is -1.67. The fraction of sp³-hybridized carbons (Fsp3) is 0.714. The molecule has 3 heterocycles. The van der Waals surface area contributed by atoms with Crippen molar-refractivity contribution >= 4 is 22.8 Å². The lowest BCUT2D eigenvalue weighted by molar-refractivity contribution is 0.182. The quantitative estimate of drug-likeness (QED) is 0.507. The van der Waals surface area contributed by atoms with Gasteiger partial charge in [0.1, 0.15) is 16.2 Å². The highest BCUT2D eigenvalue weighted by Crippen LogP contribution is 2.27. The van der Waals surface area contributed by atoms with Gasteiger partial charge in [0.05, 0.1) is 0 Å². The van der Waals surface area contributed by atoms with Crippen LogP contribution in [0, 0.1) is 0 Å². The second kappa shape index (κ2) is 9.43. The van der Waals surface area contributed by atoms with Crippen molar-refractivity contribution in [1.29, 1.82) is 0 Å². The Morgan fingerprint density at radius 1 is 1.17 bits per heavy atom. The highest BCUT2D eigenvalue weighted by atomic mass is 32.2. The molecular formula is C21H33N5O2S. The molecule has 0 aliphatic carbocycles. The van der Waals surface area contributed by atoms with E-state index in [0.29, 0.717) is 34.5 Å². The lowest BCUT2D eigenvalue weighted by Gasteiger charge is -2.32. The summed E-state index contributed by atoms with van der Waals surface area (Å²) < 4.78 is 2.82. The van der Waals surface area contributed by atoms with Gasteiger partial charge in [0.2, 0.25) is 0 Å². The Kier molecular flexibility index (Phi) is 7.16. The third-order valence-electron chi connectivity index (χ3n) is 5.74. The molecule has 1 aliphatic heterocycles. The Labute approximate surface area is 176 Å². The summed E-state index contributed by atoms with van der Waals surface area (Å²) in [4.78, 5) is 37.5. The molecule has 3 rings (SSSR count). The van der Waals surface area contributed by atoms with E-state index in [1.54, 1.807) is 16.3 Å². The maximum Gasteiger partial charge on any atom is 0.332 e. The molecular weight excluding hydrogens is 386 g/mol. The molecule has 0 N–H and O–H groups in total. The van der Waals surface area contributed by atoms with Crippen LogP contribution in [0.4, 0.5) is 0 Å². The largest absolute Gasteiger partial charge is 0.332 e. The number of likely N-dealkylation sites (tertiary alicyclic amines) is 1. The normalized spacial score (nSPS) is 18.1. The monoisotopic (exact) mass is 419 g/mol. The minimum atomic E-state index is -0.308. The summed E-state index contributed by atoms with van der Waals surface area (Å²) in [6.45, 7) is 7.79. The van der Waals surface area contributed by atoms with E-state index >= 15 is 0 Å². The van der Waals surface area contributed by atoms with Crippen molar-refractivity contribution in [2.24, 2.45) is 7.05 Å². The third kappa shape index (κ3) is 4.58. The second-order valence-electron chi connectivity index (χ2n) is 8.31. The van der Waals surface area contributed by atoms with Gasteiger partial charge in [-0.3, -0.25) is 13.9 Å². The van der Waals surface area contributed by atoms with Crippen LogP contribution >= 0.6 is 11.8 Å². The zero-order chi connectivity index (χ0) is 21.1. The Morgan fingerprint density at radius 3 is 2.59 bits per heavy atom. The smallest absolute Gasteiger partial charge is 0.303 e. The van der Waals surface area contributed by atoms with Gasteiger partial charge >= 0.3 is 5.69 Å². The fourth-order valence-electron chi connectivity index (χ4n) is 3.94. The molecule has 0 aromatic carbocycles. The number of rotatable bonds is 7. The first-order chi connectivity index (χ1) is 13.8. The predicted octanol–water partition coefficient (Wildman–Crippen LogP) is 2.99.